The van der Waals surface area contributed by atoms with E-state index in [2.05, 4.69) is 4.98 Å². The van der Waals surface area contributed by atoms with Gasteiger partial charge in [-0.2, -0.15) is 0 Å². The summed E-state index contributed by atoms with van der Waals surface area (Å²) in [4.78, 5) is 28.2. The minimum atomic E-state index is -0.670. The number of hydrogen-bond donors (Lipinski definition) is 0. The summed E-state index contributed by atoms with van der Waals surface area (Å²) in [5.74, 6) is -0.416. The van der Waals surface area contributed by atoms with E-state index in [1.54, 1.807) is 25.1 Å². The Balaban J connectivity index is 2.37. The second-order valence-corrected chi connectivity index (χ2v) is 4.32. The van der Waals surface area contributed by atoms with E-state index in [9.17, 15) is 9.59 Å². The number of rotatable bonds is 4. The molecule has 5 nitrogen and oxygen atoms in total. The molecule has 2 aromatic rings. The maximum absolute atomic E-state index is 12.3. The number of hydrogen-bond acceptors (Lipinski definition) is 4. The molecule has 0 N–H and O–H groups in total. The lowest BCUT2D eigenvalue weighted by atomic mass is 10.2. The van der Waals surface area contributed by atoms with Gasteiger partial charge < -0.3 is 4.74 Å². The van der Waals surface area contributed by atoms with Crippen molar-refractivity contribution in [1.29, 1.82) is 0 Å². The Labute approximate surface area is 110 Å². The number of ether oxygens (including phenoxy) is 1. The Morgan fingerprint density at radius 1 is 1.42 bits per heavy atom. The van der Waals surface area contributed by atoms with Gasteiger partial charge in [0.2, 0.25) is 0 Å². The normalized spacial score (nSPS) is 12.3. The number of fused-ring (bicyclic) bond motifs is 1. The minimum Gasteiger partial charge on any atom is -0.464 e. The third-order valence-electron chi connectivity index (χ3n) is 2.90. The first kappa shape index (κ1) is 13.3. The van der Waals surface area contributed by atoms with Gasteiger partial charge in [-0.25, -0.2) is 9.78 Å². The fourth-order valence-electron chi connectivity index (χ4n) is 1.80. The Morgan fingerprint density at radius 2 is 2.16 bits per heavy atom. The molecule has 0 amide bonds. The lowest BCUT2D eigenvalue weighted by Gasteiger charge is -2.14. The van der Waals surface area contributed by atoms with E-state index in [1.165, 1.54) is 10.9 Å². The molecule has 1 unspecified atom stereocenters. The molecule has 0 bridgehead atoms. The zero-order valence-corrected chi connectivity index (χ0v) is 11.0. The van der Waals surface area contributed by atoms with Crippen LogP contribution in [0.5, 0.6) is 0 Å². The number of para-hydroxylation sites is 1. The summed E-state index contributed by atoms with van der Waals surface area (Å²) >= 11 is 0. The first-order valence-electron chi connectivity index (χ1n) is 6.27. The summed E-state index contributed by atoms with van der Waals surface area (Å²) in [5.41, 5.74) is 0.393. The highest BCUT2D eigenvalue weighted by atomic mass is 16.5. The monoisotopic (exact) mass is 260 g/mol. The van der Waals surface area contributed by atoms with E-state index >= 15 is 0 Å². The Bertz CT molecular complexity index is 648. The second kappa shape index (κ2) is 5.65. The largest absolute Gasteiger partial charge is 0.464 e. The Hall–Kier alpha value is -2.17. The maximum Gasteiger partial charge on any atom is 0.328 e. The zero-order chi connectivity index (χ0) is 13.8. The summed E-state index contributed by atoms with van der Waals surface area (Å²) in [6.07, 6.45) is 2.14. The fourth-order valence-corrected chi connectivity index (χ4v) is 1.80. The molecule has 0 aliphatic carbocycles. The molecule has 19 heavy (non-hydrogen) atoms. The summed E-state index contributed by atoms with van der Waals surface area (Å²) < 4.78 is 6.35. The van der Waals surface area contributed by atoms with Gasteiger partial charge in [-0.1, -0.05) is 19.1 Å². The van der Waals surface area contributed by atoms with Crippen molar-refractivity contribution in [3.63, 3.8) is 0 Å². The smallest absolute Gasteiger partial charge is 0.328 e. The average molecular weight is 260 g/mol. The van der Waals surface area contributed by atoms with Crippen molar-refractivity contribution in [1.82, 2.24) is 9.55 Å². The van der Waals surface area contributed by atoms with E-state index in [4.69, 9.17) is 4.74 Å². The predicted octanol–water partition coefficient (Wildman–Crippen LogP) is 1.91. The van der Waals surface area contributed by atoms with Crippen LogP contribution in [0.1, 0.15) is 26.3 Å². The molecule has 2 rings (SSSR count). The van der Waals surface area contributed by atoms with Crippen LogP contribution >= 0.6 is 0 Å². The first-order chi connectivity index (χ1) is 9.15. The standard InChI is InChI=1S/C14H16N2O3/c1-3-8-19-14(18)10(2)16-9-15-12-7-5-4-6-11(12)13(16)17/h4-7,9-10H,3,8H2,1-2H3. The SMILES string of the molecule is CCCOC(=O)C(C)n1cnc2ccccc2c1=O. The molecule has 1 atom stereocenters. The highest BCUT2D eigenvalue weighted by molar-refractivity contribution is 5.78. The number of benzene rings is 1. The summed E-state index contributed by atoms with van der Waals surface area (Å²) in [5, 5.41) is 0.500. The van der Waals surface area contributed by atoms with Crippen LogP contribution in [0, 0.1) is 0 Å². The van der Waals surface area contributed by atoms with Gasteiger partial charge in [-0.05, 0) is 25.5 Å². The van der Waals surface area contributed by atoms with Gasteiger partial charge in [0.1, 0.15) is 6.04 Å². The van der Waals surface area contributed by atoms with Crippen LogP contribution in [0.4, 0.5) is 0 Å². The predicted molar refractivity (Wildman–Crippen MR) is 72.0 cm³/mol. The van der Waals surface area contributed by atoms with Crippen molar-refractivity contribution in [2.75, 3.05) is 6.61 Å². The van der Waals surface area contributed by atoms with E-state index in [-0.39, 0.29) is 5.56 Å². The van der Waals surface area contributed by atoms with Crippen molar-refractivity contribution >= 4 is 16.9 Å². The van der Waals surface area contributed by atoms with Crippen molar-refractivity contribution in [2.24, 2.45) is 0 Å². The van der Waals surface area contributed by atoms with Gasteiger partial charge in [0, 0.05) is 0 Å². The fraction of sp³-hybridized carbons (Fsp3) is 0.357. The molecule has 1 aromatic carbocycles. The second-order valence-electron chi connectivity index (χ2n) is 4.32. The third-order valence-corrected chi connectivity index (χ3v) is 2.90. The number of carbonyl (C=O) groups excluding carboxylic acids is 1. The third kappa shape index (κ3) is 2.65. The van der Waals surface area contributed by atoms with E-state index in [0.717, 1.165) is 6.42 Å². The van der Waals surface area contributed by atoms with Gasteiger partial charge in [0.05, 0.1) is 23.8 Å². The van der Waals surface area contributed by atoms with Crippen LogP contribution in [0.25, 0.3) is 10.9 Å². The molecule has 0 radical (unpaired) electrons. The van der Waals surface area contributed by atoms with Crippen LogP contribution < -0.4 is 5.56 Å². The number of aromatic nitrogens is 2. The molecule has 0 aliphatic heterocycles. The molecule has 5 heteroatoms. The highest BCUT2D eigenvalue weighted by Gasteiger charge is 2.18. The Kier molecular flexibility index (Phi) is 3.94. The molecule has 0 saturated carbocycles. The maximum atomic E-state index is 12.3. The van der Waals surface area contributed by atoms with E-state index in [0.29, 0.717) is 17.5 Å². The average Bonchev–Trinajstić information content (AvgIpc) is 2.44. The number of carbonyl (C=O) groups is 1. The molecule has 0 fully saturated rings. The first-order valence-corrected chi connectivity index (χ1v) is 6.27. The molecular formula is C14H16N2O3. The van der Waals surface area contributed by atoms with Crippen LogP contribution in [-0.4, -0.2) is 22.1 Å². The molecule has 0 aliphatic rings. The quantitative estimate of drug-likeness (QED) is 0.788. The van der Waals surface area contributed by atoms with Gasteiger partial charge in [-0.15, -0.1) is 0 Å². The molecule has 1 aromatic heterocycles. The number of nitrogens with zero attached hydrogens (tertiary/aromatic N) is 2. The summed E-state index contributed by atoms with van der Waals surface area (Å²) in [6.45, 7) is 3.91. The molecule has 1 heterocycles. The van der Waals surface area contributed by atoms with Crippen LogP contribution in [-0.2, 0) is 9.53 Å². The van der Waals surface area contributed by atoms with Crippen LogP contribution in [0.2, 0.25) is 0 Å². The van der Waals surface area contributed by atoms with E-state index < -0.39 is 12.0 Å². The zero-order valence-electron chi connectivity index (χ0n) is 11.0. The van der Waals surface area contributed by atoms with Crippen molar-refractivity contribution in [3.05, 3.63) is 40.9 Å². The van der Waals surface area contributed by atoms with Crippen LogP contribution in [0.3, 0.4) is 0 Å². The topological polar surface area (TPSA) is 61.2 Å². The molecule has 0 spiro atoms. The van der Waals surface area contributed by atoms with Crippen molar-refractivity contribution in [3.8, 4) is 0 Å². The molecule has 0 saturated heterocycles. The number of esters is 1. The summed E-state index contributed by atoms with van der Waals surface area (Å²) in [6, 6.07) is 6.39. The van der Waals surface area contributed by atoms with Gasteiger partial charge in [0.15, 0.2) is 0 Å². The van der Waals surface area contributed by atoms with Gasteiger partial charge >= 0.3 is 5.97 Å². The van der Waals surface area contributed by atoms with Crippen LogP contribution in [0.15, 0.2) is 35.4 Å². The Morgan fingerprint density at radius 3 is 2.89 bits per heavy atom. The van der Waals surface area contributed by atoms with Gasteiger partial charge in [-0.3, -0.25) is 9.36 Å². The highest BCUT2D eigenvalue weighted by Crippen LogP contribution is 2.09. The molecule has 100 valence electrons. The van der Waals surface area contributed by atoms with Crippen molar-refractivity contribution < 1.29 is 9.53 Å². The summed E-state index contributed by atoms with van der Waals surface area (Å²) in [7, 11) is 0. The van der Waals surface area contributed by atoms with E-state index in [1.807, 2.05) is 13.0 Å². The minimum absolute atomic E-state index is 0.230. The van der Waals surface area contributed by atoms with Crippen molar-refractivity contribution in [2.45, 2.75) is 26.3 Å². The lowest BCUT2D eigenvalue weighted by molar-refractivity contribution is -0.147. The molecular weight excluding hydrogens is 244 g/mol. The van der Waals surface area contributed by atoms with Gasteiger partial charge in [0.25, 0.3) is 5.56 Å². The lowest BCUT2D eigenvalue weighted by Crippen LogP contribution is -2.29.